The fraction of sp³-hybridized carbons (Fsp3) is 0.280. The van der Waals surface area contributed by atoms with E-state index in [1.165, 1.54) is 16.8 Å². The molecule has 0 N–H and O–H groups in total. The van der Waals surface area contributed by atoms with Gasteiger partial charge in [-0.15, -0.1) is 0 Å². The van der Waals surface area contributed by atoms with E-state index in [9.17, 15) is 5.26 Å². The van der Waals surface area contributed by atoms with E-state index < -0.39 is 0 Å². The van der Waals surface area contributed by atoms with E-state index >= 15 is 0 Å². The third-order valence-electron chi connectivity index (χ3n) is 5.26. The highest BCUT2D eigenvalue weighted by Gasteiger charge is 2.17. The maximum absolute atomic E-state index is 9.63. The molecule has 0 amide bonds. The number of benzene rings is 2. The van der Waals surface area contributed by atoms with E-state index in [-0.39, 0.29) is 0 Å². The highest BCUT2D eigenvalue weighted by atomic mass is 15.1. The lowest BCUT2D eigenvalue weighted by Gasteiger charge is -2.24. The first-order valence-corrected chi connectivity index (χ1v) is 9.83. The minimum Gasteiger partial charge on any atom is -0.372 e. The highest BCUT2D eigenvalue weighted by molar-refractivity contribution is 5.78. The zero-order valence-electron chi connectivity index (χ0n) is 17.4. The Kier molecular flexibility index (Phi) is 5.80. The molecule has 3 heteroatoms. The van der Waals surface area contributed by atoms with Gasteiger partial charge >= 0.3 is 0 Å². The van der Waals surface area contributed by atoms with Gasteiger partial charge in [-0.3, -0.25) is 0 Å². The van der Waals surface area contributed by atoms with E-state index in [4.69, 9.17) is 4.98 Å². The van der Waals surface area contributed by atoms with Crippen LogP contribution in [-0.2, 0) is 0 Å². The minimum absolute atomic E-state index is 0.613. The zero-order chi connectivity index (χ0) is 20.3. The Bertz CT molecular complexity index is 1000. The molecule has 0 fully saturated rings. The van der Waals surface area contributed by atoms with Crippen LogP contribution in [-0.4, -0.2) is 18.1 Å². The maximum Gasteiger partial charge on any atom is 0.101 e. The highest BCUT2D eigenvalue weighted by Crippen LogP contribution is 2.35. The fourth-order valence-electron chi connectivity index (χ4n) is 3.85. The second-order valence-electron chi connectivity index (χ2n) is 7.15. The number of anilines is 1. The summed E-state index contributed by atoms with van der Waals surface area (Å²) in [5.41, 5.74) is 9.14. The predicted octanol–water partition coefficient (Wildman–Crippen LogP) is 6.06. The number of nitriles is 1. The topological polar surface area (TPSA) is 39.9 Å². The molecular weight excluding hydrogens is 342 g/mol. The summed E-state index contributed by atoms with van der Waals surface area (Å²) in [4.78, 5) is 7.34. The van der Waals surface area contributed by atoms with Crippen molar-refractivity contribution >= 4 is 5.69 Å². The van der Waals surface area contributed by atoms with Gasteiger partial charge in [0.05, 0.1) is 17.0 Å². The zero-order valence-corrected chi connectivity index (χ0v) is 17.4. The molecule has 28 heavy (non-hydrogen) atoms. The maximum atomic E-state index is 9.63. The van der Waals surface area contributed by atoms with Crippen LogP contribution in [0.1, 0.15) is 36.1 Å². The first-order valence-electron chi connectivity index (χ1n) is 9.83. The van der Waals surface area contributed by atoms with Gasteiger partial charge < -0.3 is 4.90 Å². The van der Waals surface area contributed by atoms with Crippen molar-refractivity contribution in [2.75, 3.05) is 18.0 Å². The fourth-order valence-corrected chi connectivity index (χ4v) is 3.85. The summed E-state index contributed by atoms with van der Waals surface area (Å²) in [5, 5.41) is 9.63. The summed E-state index contributed by atoms with van der Waals surface area (Å²) in [6, 6.07) is 18.7. The van der Waals surface area contributed by atoms with Crippen molar-refractivity contribution in [2.45, 2.75) is 34.6 Å². The van der Waals surface area contributed by atoms with Crippen LogP contribution in [0.15, 0.2) is 48.5 Å². The molecule has 3 aromatic rings. The van der Waals surface area contributed by atoms with Gasteiger partial charge in [0.2, 0.25) is 0 Å². The van der Waals surface area contributed by atoms with Crippen LogP contribution in [0.4, 0.5) is 5.69 Å². The van der Waals surface area contributed by atoms with Gasteiger partial charge in [0, 0.05) is 29.9 Å². The molecule has 0 saturated heterocycles. The van der Waals surface area contributed by atoms with Crippen molar-refractivity contribution in [2.24, 2.45) is 0 Å². The second-order valence-corrected chi connectivity index (χ2v) is 7.15. The van der Waals surface area contributed by atoms with Crippen molar-refractivity contribution in [3.8, 4) is 28.6 Å². The number of nitrogens with zero attached hydrogens (tertiary/aromatic N) is 3. The summed E-state index contributed by atoms with van der Waals surface area (Å²) in [7, 11) is 0. The molecule has 0 aliphatic rings. The lowest BCUT2D eigenvalue weighted by molar-refractivity contribution is 0.865. The first-order chi connectivity index (χ1) is 13.5. The third kappa shape index (κ3) is 3.64. The Labute approximate surface area is 168 Å². The van der Waals surface area contributed by atoms with E-state index in [0.29, 0.717) is 5.56 Å². The molecule has 1 heterocycles. The molecule has 2 aromatic carbocycles. The van der Waals surface area contributed by atoms with E-state index in [2.05, 4.69) is 50.8 Å². The van der Waals surface area contributed by atoms with E-state index in [1.807, 2.05) is 43.3 Å². The monoisotopic (exact) mass is 369 g/mol. The van der Waals surface area contributed by atoms with Crippen LogP contribution in [0, 0.1) is 32.1 Å². The smallest absolute Gasteiger partial charge is 0.101 e. The summed E-state index contributed by atoms with van der Waals surface area (Å²) >= 11 is 0. The SMILES string of the molecule is CCN(CC)c1cc(C)c(-c2nc(-c3ccccc3)c(C#N)cc2C)c(C)c1. The molecular formula is C25H27N3. The van der Waals surface area contributed by atoms with Crippen molar-refractivity contribution in [3.05, 3.63) is 70.8 Å². The molecule has 3 rings (SSSR count). The van der Waals surface area contributed by atoms with Crippen molar-refractivity contribution in [3.63, 3.8) is 0 Å². The van der Waals surface area contributed by atoms with Crippen LogP contribution in [0.25, 0.3) is 22.5 Å². The molecule has 0 spiro atoms. The van der Waals surface area contributed by atoms with Crippen molar-refractivity contribution in [1.29, 1.82) is 5.26 Å². The lowest BCUT2D eigenvalue weighted by atomic mass is 9.94. The molecule has 0 bridgehead atoms. The molecule has 3 nitrogen and oxygen atoms in total. The Morgan fingerprint density at radius 1 is 0.857 bits per heavy atom. The largest absolute Gasteiger partial charge is 0.372 e. The average Bonchev–Trinajstić information content (AvgIpc) is 2.70. The second kappa shape index (κ2) is 8.27. The van der Waals surface area contributed by atoms with E-state index in [0.717, 1.165) is 41.2 Å². The van der Waals surface area contributed by atoms with Gasteiger partial charge in [-0.05, 0) is 69.5 Å². The normalized spacial score (nSPS) is 10.6. The summed E-state index contributed by atoms with van der Waals surface area (Å²) in [6.45, 7) is 12.7. The molecule has 0 aliphatic carbocycles. The molecule has 0 radical (unpaired) electrons. The molecule has 0 atom stereocenters. The number of rotatable bonds is 5. The third-order valence-corrected chi connectivity index (χ3v) is 5.26. The summed E-state index contributed by atoms with van der Waals surface area (Å²) in [6.07, 6.45) is 0. The summed E-state index contributed by atoms with van der Waals surface area (Å²) in [5.74, 6) is 0. The van der Waals surface area contributed by atoms with Gasteiger partial charge in [0.15, 0.2) is 0 Å². The first kappa shape index (κ1) is 19.6. The molecule has 0 aliphatic heterocycles. The number of hydrogen-bond donors (Lipinski definition) is 0. The van der Waals surface area contributed by atoms with Gasteiger partial charge in [0.1, 0.15) is 6.07 Å². The molecule has 1 aromatic heterocycles. The van der Waals surface area contributed by atoms with Gasteiger partial charge in [-0.1, -0.05) is 30.3 Å². The van der Waals surface area contributed by atoms with Crippen molar-refractivity contribution < 1.29 is 0 Å². The van der Waals surface area contributed by atoms with E-state index in [1.54, 1.807) is 0 Å². The van der Waals surface area contributed by atoms with Crippen LogP contribution < -0.4 is 4.90 Å². The Morgan fingerprint density at radius 2 is 1.46 bits per heavy atom. The average molecular weight is 370 g/mol. The Hall–Kier alpha value is -3.12. The summed E-state index contributed by atoms with van der Waals surface area (Å²) < 4.78 is 0. The quantitative estimate of drug-likeness (QED) is 0.549. The van der Waals surface area contributed by atoms with Crippen LogP contribution in [0.3, 0.4) is 0 Å². The molecule has 142 valence electrons. The molecule has 0 unspecified atom stereocenters. The van der Waals surface area contributed by atoms with Gasteiger partial charge in [-0.25, -0.2) is 4.98 Å². The minimum atomic E-state index is 0.613. The van der Waals surface area contributed by atoms with Crippen LogP contribution in [0.2, 0.25) is 0 Å². The number of aryl methyl sites for hydroxylation is 3. The van der Waals surface area contributed by atoms with Gasteiger partial charge in [-0.2, -0.15) is 5.26 Å². The Morgan fingerprint density at radius 3 is 2.00 bits per heavy atom. The standard InChI is InChI=1S/C25H27N3/c1-6-28(7-2)22-14-17(3)23(18(4)15-22)24-19(5)13-21(16-26)25(27-24)20-11-9-8-10-12-20/h8-15H,6-7H2,1-5H3. The van der Waals surface area contributed by atoms with Crippen molar-refractivity contribution in [1.82, 2.24) is 4.98 Å². The van der Waals surface area contributed by atoms with Crippen LogP contribution in [0.5, 0.6) is 0 Å². The Balaban J connectivity index is 2.21. The lowest BCUT2D eigenvalue weighted by Crippen LogP contribution is -2.22. The number of hydrogen-bond acceptors (Lipinski definition) is 3. The molecule has 0 saturated carbocycles. The van der Waals surface area contributed by atoms with Crippen LogP contribution >= 0.6 is 0 Å². The number of aromatic nitrogens is 1. The predicted molar refractivity (Wildman–Crippen MR) is 118 cm³/mol. The van der Waals surface area contributed by atoms with Gasteiger partial charge in [0.25, 0.3) is 0 Å². The number of pyridine rings is 1.